The molecular weight excluding hydrogens is 264 g/mol. The van der Waals surface area contributed by atoms with Gasteiger partial charge in [0.25, 0.3) is 0 Å². The van der Waals surface area contributed by atoms with E-state index >= 15 is 0 Å². The molecule has 1 heterocycles. The van der Waals surface area contributed by atoms with Crippen LogP contribution < -0.4 is 10.1 Å². The van der Waals surface area contributed by atoms with E-state index in [1.165, 1.54) is 0 Å². The van der Waals surface area contributed by atoms with Crippen LogP contribution in [0.15, 0.2) is 30.5 Å². The van der Waals surface area contributed by atoms with Gasteiger partial charge in [-0.25, -0.2) is 4.68 Å². The molecule has 0 aliphatic heterocycles. The summed E-state index contributed by atoms with van der Waals surface area (Å²) in [6, 6.07) is 8.23. The average molecular weight is 288 g/mol. The summed E-state index contributed by atoms with van der Waals surface area (Å²) in [5.41, 5.74) is 2.22. The van der Waals surface area contributed by atoms with E-state index in [1.54, 1.807) is 0 Å². The Hall–Kier alpha value is -1.88. The lowest BCUT2D eigenvalue weighted by Crippen LogP contribution is -2.21. The molecule has 21 heavy (non-hydrogen) atoms. The van der Waals surface area contributed by atoms with Crippen LogP contribution in [0.3, 0.4) is 0 Å². The summed E-state index contributed by atoms with van der Waals surface area (Å²) in [5, 5.41) is 11.6. The Labute approximate surface area is 126 Å². The first-order chi connectivity index (χ1) is 10.2. The van der Waals surface area contributed by atoms with Crippen molar-refractivity contribution in [3.8, 4) is 5.75 Å². The van der Waals surface area contributed by atoms with Crippen molar-refractivity contribution in [2.75, 3.05) is 7.05 Å². The third-order valence-corrected chi connectivity index (χ3v) is 3.23. The van der Waals surface area contributed by atoms with Crippen LogP contribution in [0.2, 0.25) is 0 Å². The summed E-state index contributed by atoms with van der Waals surface area (Å²) in [5.74, 6) is 0.886. The molecule has 0 aliphatic carbocycles. The maximum atomic E-state index is 5.78. The molecule has 5 nitrogen and oxygen atoms in total. The quantitative estimate of drug-likeness (QED) is 0.851. The van der Waals surface area contributed by atoms with Crippen molar-refractivity contribution in [1.29, 1.82) is 0 Å². The van der Waals surface area contributed by atoms with Gasteiger partial charge in [0.05, 0.1) is 24.0 Å². The number of rotatable bonds is 7. The van der Waals surface area contributed by atoms with Gasteiger partial charge in [-0.3, -0.25) is 0 Å². The Kier molecular flexibility index (Phi) is 5.33. The van der Waals surface area contributed by atoms with Gasteiger partial charge in [0.15, 0.2) is 0 Å². The van der Waals surface area contributed by atoms with Crippen molar-refractivity contribution in [1.82, 2.24) is 20.3 Å². The topological polar surface area (TPSA) is 52.0 Å². The second kappa shape index (κ2) is 7.22. The monoisotopic (exact) mass is 288 g/mol. The van der Waals surface area contributed by atoms with Gasteiger partial charge >= 0.3 is 0 Å². The van der Waals surface area contributed by atoms with Gasteiger partial charge in [-0.1, -0.05) is 24.3 Å². The van der Waals surface area contributed by atoms with Crippen LogP contribution in [0.1, 0.15) is 44.5 Å². The molecule has 1 N–H and O–H groups in total. The zero-order chi connectivity index (χ0) is 15.2. The molecule has 1 atom stereocenters. The van der Waals surface area contributed by atoms with Gasteiger partial charge in [-0.2, -0.15) is 0 Å². The Balaban J connectivity index is 2.30. The predicted molar refractivity (Wildman–Crippen MR) is 83.4 cm³/mol. The number of hydrogen-bond acceptors (Lipinski definition) is 4. The molecule has 0 amide bonds. The molecule has 0 saturated heterocycles. The van der Waals surface area contributed by atoms with Gasteiger partial charge in [0.1, 0.15) is 5.75 Å². The zero-order valence-electron chi connectivity index (χ0n) is 13.2. The molecular formula is C16H24N4O. The van der Waals surface area contributed by atoms with Crippen LogP contribution in [0.4, 0.5) is 0 Å². The smallest absolute Gasteiger partial charge is 0.120 e. The summed E-state index contributed by atoms with van der Waals surface area (Å²) in [6.07, 6.45) is 3.02. The molecule has 114 valence electrons. The minimum atomic E-state index is 0.0577. The third-order valence-electron chi connectivity index (χ3n) is 3.23. The number of benzene rings is 1. The molecule has 0 fully saturated rings. The first-order valence-corrected chi connectivity index (χ1v) is 7.48. The Morgan fingerprint density at radius 2 is 2.14 bits per heavy atom. The summed E-state index contributed by atoms with van der Waals surface area (Å²) in [6.45, 7) is 7.07. The highest BCUT2D eigenvalue weighted by atomic mass is 16.5. The minimum Gasteiger partial charge on any atom is -0.491 e. The van der Waals surface area contributed by atoms with Crippen molar-refractivity contribution < 1.29 is 4.74 Å². The minimum absolute atomic E-state index is 0.0577. The van der Waals surface area contributed by atoms with Crippen LogP contribution >= 0.6 is 0 Å². The number of aromatic nitrogens is 3. The standard InChI is InChI=1S/C16H24N4O/c1-5-9-20-15(11-18-19-20)16(17-4)13-7-6-8-14(10-13)21-12(2)3/h6-8,10-12,16-17H,5,9H2,1-4H3. The lowest BCUT2D eigenvalue weighted by molar-refractivity contribution is 0.242. The van der Waals surface area contributed by atoms with Gasteiger partial charge in [0, 0.05) is 6.54 Å². The molecule has 0 spiro atoms. The van der Waals surface area contributed by atoms with E-state index in [-0.39, 0.29) is 12.1 Å². The Bertz CT molecular complexity index is 565. The maximum Gasteiger partial charge on any atom is 0.120 e. The number of hydrogen-bond donors (Lipinski definition) is 1. The Morgan fingerprint density at radius 3 is 2.81 bits per heavy atom. The fraction of sp³-hybridized carbons (Fsp3) is 0.500. The van der Waals surface area contributed by atoms with Crippen molar-refractivity contribution >= 4 is 0 Å². The second-order valence-corrected chi connectivity index (χ2v) is 5.34. The summed E-state index contributed by atoms with van der Waals surface area (Å²) in [7, 11) is 1.95. The first-order valence-electron chi connectivity index (χ1n) is 7.48. The second-order valence-electron chi connectivity index (χ2n) is 5.34. The van der Waals surface area contributed by atoms with Crippen LogP contribution in [-0.4, -0.2) is 28.1 Å². The van der Waals surface area contributed by atoms with E-state index < -0.39 is 0 Å². The number of nitrogens with one attached hydrogen (secondary N) is 1. The molecule has 0 saturated carbocycles. The molecule has 2 aromatic rings. The summed E-state index contributed by atoms with van der Waals surface area (Å²) < 4.78 is 7.73. The SMILES string of the molecule is CCCn1nncc1C(NC)c1cccc(OC(C)C)c1. The fourth-order valence-electron chi connectivity index (χ4n) is 2.40. The van der Waals surface area contributed by atoms with E-state index in [0.717, 1.165) is 30.0 Å². The van der Waals surface area contributed by atoms with Crippen LogP contribution in [0.25, 0.3) is 0 Å². The number of nitrogens with zero attached hydrogens (tertiary/aromatic N) is 3. The molecule has 5 heteroatoms. The number of ether oxygens (including phenoxy) is 1. The van der Waals surface area contributed by atoms with Gasteiger partial charge in [0.2, 0.25) is 0 Å². The van der Waals surface area contributed by atoms with Crippen LogP contribution in [0, 0.1) is 0 Å². The highest BCUT2D eigenvalue weighted by Crippen LogP contribution is 2.25. The van der Waals surface area contributed by atoms with Gasteiger partial charge in [-0.05, 0) is 45.0 Å². The first kappa shape index (κ1) is 15.5. The fourth-order valence-corrected chi connectivity index (χ4v) is 2.40. The summed E-state index contributed by atoms with van der Waals surface area (Å²) >= 11 is 0. The van der Waals surface area contributed by atoms with E-state index in [0.29, 0.717) is 0 Å². The third kappa shape index (κ3) is 3.82. The molecule has 1 unspecified atom stereocenters. The highest BCUT2D eigenvalue weighted by molar-refractivity contribution is 5.34. The van der Waals surface area contributed by atoms with Crippen LogP contribution in [0.5, 0.6) is 5.75 Å². The highest BCUT2D eigenvalue weighted by Gasteiger charge is 2.18. The normalized spacial score (nSPS) is 12.6. The summed E-state index contributed by atoms with van der Waals surface area (Å²) in [4.78, 5) is 0. The molecule has 0 radical (unpaired) electrons. The molecule has 1 aromatic carbocycles. The lowest BCUT2D eigenvalue weighted by Gasteiger charge is -2.19. The molecule has 0 bridgehead atoms. The van der Waals surface area contributed by atoms with E-state index in [1.807, 2.05) is 43.9 Å². The van der Waals surface area contributed by atoms with E-state index in [9.17, 15) is 0 Å². The predicted octanol–water partition coefficient (Wildman–Crippen LogP) is 2.78. The van der Waals surface area contributed by atoms with Crippen molar-refractivity contribution in [2.24, 2.45) is 0 Å². The van der Waals surface area contributed by atoms with Crippen LogP contribution in [-0.2, 0) is 6.54 Å². The van der Waals surface area contributed by atoms with E-state index in [4.69, 9.17) is 4.74 Å². The average Bonchev–Trinajstić information content (AvgIpc) is 2.88. The number of aryl methyl sites for hydroxylation is 1. The Morgan fingerprint density at radius 1 is 1.33 bits per heavy atom. The van der Waals surface area contributed by atoms with Crippen molar-refractivity contribution in [3.63, 3.8) is 0 Å². The molecule has 1 aromatic heterocycles. The van der Waals surface area contributed by atoms with E-state index in [2.05, 4.69) is 34.7 Å². The van der Waals surface area contributed by atoms with Crippen molar-refractivity contribution in [3.05, 3.63) is 41.7 Å². The maximum absolute atomic E-state index is 5.78. The van der Waals surface area contributed by atoms with Gasteiger partial charge in [-0.15, -0.1) is 5.10 Å². The van der Waals surface area contributed by atoms with Crippen molar-refractivity contribution in [2.45, 2.75) is 45.9 Å². The molecule has 0 aliphatic rings. The van der Waals surface area contributed by atoms with Gasteiger partial charge < -0.3 is 10.1 Å². The zero-order valence-corrected chi connectivity index (χ0v) is 13.2. The largest absolute Gasteiger partial charge is 0.491 e. The lowest BCUT2D eigenvalue weighted by atomic mass is 10.0. The molecule has 2 rings (SSSR count).